The summed E-state index contributed by atoms with van der Waals surface area (Å²) in [5.74, 6) is 0. The molecule has 0 aromatic heterocycles. The third-order valence-electron chi connectivity index (χ3n) is 3.68. The van der Waals surface area contributed by atoms with Gasteiger partial charge in [-0.3, -0.25) is 0 Å². The first-order valence-corrected chi connectivity index (χ1v) is 9.18. The maximum atomic E-state index is 2.29. The van der Waals surface area contributed by atoms with Gasteiger partial charge in [0.25, 0.3) is 0 Å². The van der Waals surface area contributed by atoms with E-state index in [9.17, 15) is 0 Å². The third kappa shape index (κ3) is 2.42. The fourth-order valence-corrected chi connectivity index (χ4v) is 5.61. The van der Waals surface area contributed by atoms with Crippen LogP contribution in [0.4, 0.5) is 0 Å². The van der Waals surface area contributed by atoms with E-state index < -0.39 is 0 Å². The summed E-state index contributed by atoms with van der Waals surface area (Å²) < 4.78 is 3.01. The Bertz CT molecular complexity index is 837. The molecule has 102 valence electrons. The van der Waals surface area contributed by atoms with E-state index >= 15 is 0 Å². The van der Waals surface area contributed by atoms with Crippen LogP contribution in [0.3, 0.4) is 0 Å². The van der Waals surface area contributed by atoms with Crippen molar-refractivity contribution in [1.29, 1.82) is 0 Å². The molecule has 21 heavy (non-hydrogen) atoms. The van der Waals surface area contributed by atoms with Crippen LogP contribution in [-0.4, -0.2) is 0 Å². The van der Waals surface area contributed by atoms with Gasteiger partial charge in [-0.05, 0) is 0 Å². The molecule has 0 nitrogen and oxygen atoms in total. The Morgan fingerprint density at radius 1 is 0.429 bits per heavy atom. The molecule has 0 aliphatic carbocycles. The molecule has 0 unspecified atom stereocenters. The molecule has 0 radical (unpaired) electrons. The van der Waals surface area contributed by atoms with Gasteiger partial charge in [-0.2, -0.15) is 0 Å². The fraction of sp³-hybridized carbons (Fsp3) is 0. The molecule has 0 aliphatic heterocycles. The van der Waals surface area contributed by atoms with E-state index in [1.165, 1.54) is 28.7 Å². The number of hydrogen-bond acceptors (Lipinski definition) is 0. The zero-order valence-electron chi connectivity index (χ0n) is 11.5. The van der Waals surface area contributed by atoms with Gasteiger partial charge in [-0.15, -0.1) is 0 Å². The van der Waals surface area contributed by atoms with E-state index in [2.05, 4.69) is 84.9 Å². The van der Waals surface area contributed by atoms with Crippen LogP contribution in [-0.2, 0) is 0 Å². The van der Waals surface area contributed by atoms with Gasteiger partial charge in [-0.1, -0.05) is 0 Å². The van der Waals surface area contributed by atoms with Crippen molar-refractivity contribution in [2.24, 2.45) is 0 Å². The summed E-state index contributed by atoms with van der Waals surface area (Å²) in [6, 6.07) is 30.7. The topological polar surface area (TPSA) is 0 Å². The van der Waals surface area contributed by atoms with Crippen LogP contribution in [0.2, 0.25) is 0 Å². The van der Waals surface area contributed by atoms with Gasteiger partial charge in [-0.25, -0.2) is 0 Å². The molecule has 0 fully saturated rings. The molecule has 4 aromatic rings. The SMILES string of the molecule is c1ccc2c([I-]c3cccc4ccccc34)cccc2c1. The molecule has 0 amide bonds. The summed E-state index contributed by atoms with van der Waals surface area (Å²) in [6.45, 7) is 0. The number of benzene rings is 4. The first-order chi connectivity index (χ1) is 10.4. The van der Waals surface area contributed by atoms with E-state index in [4.69, 9.17) is 0 Å². The predicted octanol–water partition coefficient (Wildman–Crippen LogP) is 2.12. The number of hydrogen-bond donors (Lipinski definition) is 0. The Morgan fingerprint density at radius 3 is 1.38 bits per heavy atom. The zero-order chi connectivity index (χ0) is 14.1. The minimum atomic E-state index is -0.176. The summed E-state index contributed by atoms with van der Waals surface area (Å²) >= 11 is -0.176. The average molecular weight is 381 g/mol. The summed E-state index contributed by atoms with van der Waals surface area (Å²) in [4.78, 5) is 0. The van der Waals surface area contributed by atoms with Crippen molar-refractivity contribution in [2.75, 3.05) is 0 Å². The van der Waals surface area contributed by atoms with E-state index in [1.807, 2.05) is 0 Å². The van der Waals surface area contributed by atoms with Gasteiger partial charge in [0.1, 0.15) is 0 Å². The molecule has 0 heterocycles. The van der Waals surface area contributed by atoms with Crippen LogP contribution in [0.1, 0.15) is 0 Å². The fourth-order valence-electron chi connectivity index (χ4n) is 2.65. The van der Waals surface area contributed by atoms with Crippen LogP contribution in [0.5, 0.6) is 0 Å². The first-order valence-electron chi connectivity index (χ1n) is 7.02. The molecule has 1 heteroatoms. The van der Waals surface area contributed by atoms with E-state index in [1.54, 1.807) is 0 Å². The molecular weight excluding hydrogens is 367 g/mol. The van der Waals surface area contributed by atoms with E-state index in [0.717, 1.165) is 0 Å². The monoisotopic (exact) mass is 381 g/mol. The number of halogens is 1. The van der Waals surface area contributed by atoms with Crippen molar-refractivity contribution < 1.29 is 21.2 Å². The third-order valence-corrected chi connectivity index (χ3v) is 6.72. The summed E-state index contributed by atoms with van der Waals surface area (Å²) in [6.07, 6.45) is 0. The standard InChI is InChI=1S/C20H14I/c1-3-11-17-15(7-1)9-5-13-19(17)21-20-14-6-10-16-8-2-4-12-18(16)20/h1-14H/q-1. The molecule has 0 bridgehead atoms. The molecular formula is C20H14I-. The second-order valence-corrected chi connectivity index (χ2v) is 7.88. The molecule has 0 saturated carbocycles. The molecule has 0 atom stereocenters. The van der Waals surface area contributed by atoms with Crippen LogP contribution >= 0.6 is 0 Å². The normalized spacial score (nSPS) is 11.2. The number of rotatable bonds is 2. The van der Waals surface area contributed by atoms with Crippen molar-refractivity contribution >= 4 is 21.5 Å². The van der Waals surface area contributed by atoms with Crippen molar-refractivity contribution in [3.8, 4) is 0 Å². The molecule has 4 aromatic carbocycles. The molecule has 0 saturated heterocycles. The van der Waals surface area contributed by atoms with E-state index in [-0.39, 0.29) is 21.2 Å². The Hall–Kier alpha value is -1.87. The second-order valence-electron chi connectivity index (χ2n) is 5.02. The van der Waals surface area contributed by atoms with Crippen molar-refractivity contribution in [3.63, 3.8) is 0 Å². The van der Waals surface area contributed by atoms with E-state index in [0.29, 0.717) is 0 Å². The molecule has 0 aliphatic rings. The van der Waals surface area contributed by atoms with Gasteiger partial charge < -0.3 is 0 Å². The second kappa shape index (κ2) is 5.49. The van der Waals surface area contributed by atoms with Gasteiger partial charge in [0, 0.05) is 0 Å². The van der Waals surface area contributed by atoms with Crippen LogP contribution in [0, 0.1) is 7.14 Å². The Morgan fingerprint density at radius 2 is 0.857 bits per heavy atom. The van der Waals surface area contributed by atoms with Crippen LogP contribution in [0.25, 0.3) is 21.5 Å². The Labute approximate surface area is 134 Å². The van der Waals surface area contributed by atoms with Crippen molar-refractivity contribution in [3.05, 3.63) is 92.1 Å². The van der Waals surface area contributed by atoms with Crippen LogP contribution in [0.15, 0.2) is 84.9 Å². The predicted molar refractivity (Wildman–Crippen MR) is 85.3 cm³/mol. The van der Waals surface area contributed by atoms with Gasteiger partial charge >= 0.3 is 135 Å². The molecule has 4 rings (SSSR count). The van der Waals surface area contributed by atoms with Crippen molar-refractivity contribution in [1.82, 2.24) is 0 Å². The average Bonchev–Trinajstić information content (AvgIpc) is 2.56. The van der Waals surface area contributed by atoms with Crippen LogP contribution < -0.4 is 21.2 Å². The number of fused-ring (bicyclic) bond motifs is 2. The molecule has 0 spiro atoms. The van der Waals surface area contributed by atoms with Crippen molar-refractivity contribution in [2.45, 2.75) is 0 Å². The quantitative estimate of drug-likeness (QED) is 0.467. The zero-order valence-corrected chi connectivity index (χ0v) is 13.6. The van der Waals surface area contributed by atoms with Gasteiger partial charge in [0.2, 0.25) is 0 Å². The summed E-state index contributed by atoms with van der Waals surface area (Å²) in [5.41, 5.74) is 0. The Balaban J connectivity index is 1.87. The Kier molecular flexibility index (Phi) is 3.36. The van der Waals surface area contributed by atoms with Gasteiger partial charge in [0.15, 0.2) is 0 Å². The summed E-state index contributed by atoms with van der Waals surface area (Å²) in [7, 11) is 0. The van der Waals surface area contributed by atoms with Gasteiger partial charge in [0.05, 0.1) is 0 Å². The minimum absolute atomic E-state index is 0.176. The summed E-state index contributed by atoms with van der Waals surface area (Å²) in [5, 5.41) is 5.49. The maximum absolute atomic E-state index is 2.29. The first kappa shape index (κ1) is 12.8. The molecule has 0 N–H and O–H groups in total.